The monoisotopic (exact) mass is 1550 g/mol. The fourth-order valence-electron chi connectivity index (χ4n) is 13.6. The highest BCUT2D eigenvalue weighted by atomic mass is 31.2. The molecule has 6 atom stereocenters. The van der Waals surface area contributed by atoms with Gasteiger partial charge >= 0.3 is 39.5 Å². The zero-order valence-electron chi connectivity index (χ0n) is 69.6. The second-order valence-corrected chi connectivity index (χ2v) is 34.4. The van der Waals surface area contributed by atoms with Crippen molar-refractivity contribution in [1.82, 2.24) is 0 Å². The van der Waals surface area contributed by atoms with Crippen molar-refractivity contribution in [2.24, 2.45) is 5.92 Å². The molecule has 0 fully saturated rings. The van der Waals surface area contributed by atoms with Gasteiger partial charge in [0.2, 0.25) is 0 Å². The Morgan fingerprint density at radius 1 is 0.264 bits per heavy atom. The highest BCUT2D eigenvalue weighted by Gasteiger charge is 2.30. The Kier molecular flexibility index (Phi) is 78.2. The lowest BCUT2D eigenvalue weighted by Crippen LogP contribution is -2.30. The molecule has 0 amide bonds. The summed E-state index contributed by atoms with van der Waals surface area (Å²) < 4.78 is 69.0. The van der Waals surface area contributed by atoms with Crippen molar-refractivity contribution in [3.05, 3.63) is 0 Å². The maximum absolute atomic E-state index is 13.2. The standard InChI is InChI=1S/C87H170O17P2/c1-6-10-13-16-19-22-25-28-31-33-35-37-39-42-45-48-51-58-63-68-73-86(91)103-82(76-97-84(89)70-65-60-55-49-46-43-41-38-36-34-32-29-26-23-20-17-14-11-7-2)78-101-105(93,94)99-74-81(88)75-100-106(95,96)102-79-83(77-98-85(90)71-66-61-56-53-52-54-59-64-69-80(5)9-4)104-87(92)72-67-62-57-50-47-44-40-30-27-24-21-18-15-12-8-3/h80-83,88H,6-79H2,1-5H3,(H,93,94)(H,95,96)/t80?,81-,82-,83-/m1/s1. The van der Waals surface area contributed by atoms with E-state index in [2.05, 4.69) is 34.6 Å². The minimum absolute atomic E-state index is 0.108. The van der Waals surface area contributed by atoms with Crippen LogP contribution < -0.4 is 0 Å². The van der Waals surface area contributed by atoms with Crippen LogP contribution in [0.3, 0.4) is 0 Å². The highest BCUT2D eigenvalue weighted by Crippen LogP contribution is 2.45. The molecule has 0 aliphatic carbocycles. The van der Waals surface area contributed by atoms with E-state index in [1.54, 1.807) is 0 Å². The van der Waals surface area contributed by atoms with Crippen LogP contribution in [0.2, 0.25) is 0 Å². The number of hydrogen-bond donors (Lipinski definition) is 3. The SMILES string of the molecule is CCCCCCCCCCCCCCCCCCCCCCC(=O)O[C@H](COC(=O)CCCCCCCCCCCCCCCCCCCCC)COP(=O)(O)OC[C@@H](O)COP(=O)(O)OC[C@@H](COC(=O)CCCCCCCCCCC(C)CC)OC(=O)CCCCCCCCCCCCCCCCC. The summed E-state index contributed by atoms with van der Waals surface area (Å²) in [6, 6.07) is 0. The van der Waals surface area contributed by atoms with Gasteiger partial charge in [0.25, 0.3) is 0 Å². The second kappa shape index (κ2) is 79.7. The number of aliphatic hydroxyl groups is 1. The van der Waals surface area contributed by atoms with E-state index < -0.39 is 97.5 Å². The summed E-state index contributed by atoms with van der Waals surface area (Å²) in [7, 11) is -9.93. The van der Waals surface area contributed by atoms with Crippen LogP contribution in [0, 0.1) is 5.92 Å². The predicted octanol–water partition coefficient (Wildman–Crippen LogP) is 26.8. The molecule has 106 heavy (non-hydrogen) atoms. The predicted molar refractivity (Wildman–Crippen MR) is 437 cm³/mol. The third kappa shape index (κ3) is 78.7. The van der Waals surface area contributed by atoms with Crippen molar-refractivity contribution in [3.63, 3.8) is 0 Å². The van der Waals surface area contributed by atoms with Gasteiger partial charge in [-0.15, -0.1) is 0 Å². The van der Waals surface area contributed by atoms with Crippen LogP contribution in [0.1, 0.15) is 471 Å². The smallest absolute Gasteiger partial charge is 0.462 e. The highest BCUT2D eigenvalue weighted by molar-refractivity contribution is 7.47. The van der Waals surface area contributed by atoms with E-state index in [-0.39, 0.29) is 25.7 Å². The summed E-state index contributed by atoms with van der Waals surface area (Å²) in [6.45, 7) is 7.38. The summed E-state index contributed by atoms with van der Waals surface area (Å²) in [5, 5.41) is 10.7. The average molecular weight is 1550 g/mol. The summed E-state index contributed by atoms with van der Waals surface area (Å²) in [5.74, 6) is -1.32. The quantitative estimate of drug-likeness (QED) is 0.0222. The topological polar surface area (TPSA) is 237 Å². The number of carbonyl (C=O) groups is 4. The Morgan fingerprint density at radius 3 is 0.670 bits per heavy atom. The number of rotatable bonds is 87. The summed E-state index contributed by atoms with van der Waals surface area (Å²) in [4.78, 5) is 73.3. The Labute approximate surface area is 651 Å². The van der Waals surface area contributed by atoms with E-state index in [9.17, 15) is 43.2 Å². The first kappa shape index (κ1) is 104. The normalized spacial score (nSPS) is 14.0. The molecule has 0 bridgehead atoms. The Morgan fingerprint density at radius 2 is 0.453 bits per heavy atom. The largest absolute Gasteiger partial charge is 0.472 e. The zero-order valence-corrected chi connectivity index (χ0v) is 71.4. The number of phosphoric acid groups is 2. The molecule has 0 aliphatic rings. The number of esters is 4. The van der Waals surface area contributed by atoms with Crippen molar-refractivity contribution < 1.29 is 80.2 Å². The van der Waals surface area contributed by atoms with Gasteiger partial charge in [-0.3, -0.25) is 37.3 Å². The number of carbonyl (C=O) groups excluding carboxylic acids is 4. The molecule has 0 saturated carbocycles. The van der Waals surface area contributed by atoms with Gasteiger partial charge in [-0.1, -0.05) is 420 Å². The molecule has 19 heteroatoms. The molecule has 0 aromatic heterocycles. The van der Waals surface area contributed by atoms with Crippen LogP contribution in [0.15, 0.2) is 0 Å². The van der Waals surface area contributed by atoms with Gasteiger partial charge in [-0.2, -0.15) is 0 Å². The molecule has 0 aromatic carbocycles. The maximum atomic E-state index is 13.2. The number of hydrogen-bond acceptors (Lipinski definition) is 15. The van der Waals surface area contributed by atoms with Gasteiger partial charge in [-0.05, 0) is 31.6 Å². The van der Waals surface area contributed by atoms with Gasteiger partial charge in [0, 0.05) is 25.7 Å². The molecule has 630 valence electrons. The fraction of sp³-hybridized carbons (Fsp3) is 0.954. The minimum Gasteiger partial charge on any atom is -0.462 e. The van der Waals surface area contributed by atoms with Crippen LogP contribution >= 0.6 is 15.6 Å². The molecule has 0 radical (unpaired) electrons. The van der Waals surface area contributed by atoms with Crippen LogP contribution in [-0.2, 0) is 65.4 Å². The molecule has 17 nitrogen and oxygen atoms in total. The molecule has 0 spiro atoms. The third-order valence-corrected chi connectivity index (χ3v) is 22.8. The lowest BCUT2D eigenvalue weighted by atomic mass is 9.99. The first-order chi connectivity index (χ1) is 51.6. The van der Waals surface area contributed by atoms with Gasteiger partial charge in [0.05, 0.1) is 26.4 Å². The van der Waals surface area contributed by atoms with Crippen molar-refractivity contribution in [2.75, 3.05) is 39.6 Å². The summed E-state index contributed by atoms with van der Waals surface area (Å²) in [6.07, 6.45) is 73.6. The molecule has 0 saturated heterocycles. The molecule has 0 heterocycles. The molecule has 0 aliphatic heterocycles. The van der Waals surface area contributed by atoms with Crippen molar-refractivity contribution in [3.8, 4) is 0 Å². The lowest BCUT2D eigenvalue weighted by Gasteiger charge is -2.21. The summed E-state index contributed by atoms with van der Waals surface area (Å²) >= 11 is 0. The van der Waals surface area contributed by atoms with Crippen molar-refractivity contribution in [2.45, 2.75) is 490 Å². The Balaban J connectivity index is 5.25. The van der Waals surface area contributed by atoms with Crippen LogP contribution in [0.25, 0.3) is 0 Å². The Bertz CT molecular complexity index is 2020. The molecular weight excluding hydrogens is 1380 g/mol. The third-order valence-electron chi connectivity index (χ3n) is 20.9. The lowest BCUT2D eigenvalue weighted by molar-refractivity contribution is -0.161. The van der Waals surface area contributed by atoms with Gasteiger partial charge in [0.1, 0.15) is 19.3 Å². The number of ether oxygens (including phenoxy) is 4. The second-order valence-electron chi connectivity index (χ2n) is 31.5. The van der Waals surface area contributed by atoms with Gasteiger partial charge in [-0.25, -0.2) is 9.13 Å². The number of aliphatic hydroxyl groups excluding tert-OH is 1. The van der Waals surface area contributed by atoms with E-state index >= 15 is 0 Å². The Hall–Kier alpha value is -1.94. The number of unbranched alkanes of at least 4 members (excludes halogenated alkanes) is 58. The average Bonchev–Trinajstić information content (AvgIpc) is 0.902. The van der Waals surface area contributed by atoms with Crippen LogP contribution in [0.5, 0.6) is 0 Å². The molecule has 3 unspecified atom stereocenters. The molecule has 3 N–H and O–H groups in total. The summed E-state index contributed by atoms with van der Waals surface area (Å²) in [5.41, 5.74) is 0. The van der Waals surface area contributed by atoms with E-state index in [1.807, 2.05) is 0 Å². The molecule has 0 rings (SSSR count). The van der Waals surface area contributed by atoms with E-state index in [0.717, 1.165) is 95.8 Å². The van der Waals surface area contributed by atoms with Crippen LogP contribution in [0.4, 0.5) is 0 Å². The van der Waals surface area contributed by atoms with E-state index in [4.69, 9.17) is 37.0 Å². The van der Waals surface area contributed by atoms with Crippen molar-refractivity contribution in [1.29, 1.82) is 0 Å². The van der Waals surface area contributed by atoms with E-state index in [0.29, 0.717) is 25.7 Å². The van der Waals surface area contributed by atoms with E-state index in [1.165, 1.54) is 295 Å². The van der Waals surface area contributed by atoms with Gasteiger partial charge < -0.3 is 33.8 Å². The number of phosphoric ester groups is 2. The molecular formula is C87H170O17P2. The first-order valence-corrected chi connectivity index (χ1v) is 48.2. The maximum Gasteiger partial charge on any atom is 0.472 e. The van der Waals surface area contributed by atoms with Crippen LogP contribution in [-0.4, -0.2) is 96.7 Å². The fourth-order valence-corrected chi connectivity index (χ4v) is 15.2. The first-order valence-electron chi connectivity index (χ1n) is 45.2. The van der Waals surface area contributed by atoms with Gasteiger partial charge in [0.15, 0.2) is 12.2 Å². The minimum atomic E-state index is -4.97. The zero-order chi connectivity index (χ0) is 77.6. The van der Waals surface area contributed by atoms with Crippen molar-refractivity contribution >= 4 is 39.5 Å². The molecule has 0 aromatic rings.